The molecule has 82 valence electrons. The Morgan fingerprint density at radius 1 is 1.25 bits per heavy atom. The van der Waals surface area contributed by atoms with E-state index < -0.39 is 0 Å². The van der Waals surface area contributed by atoms with Crippen LogP contribution in [0.25, 0.3) is 5.65 Å². The Hall–Kier alpha value is -1.82. The van der Waals surface area contributed by atoms with E-state index in [1.807, 2.05) is 6.20 Å². The van der Waals surface area contributed by atoms with Gasteiger partial charge in [-0.1, -0.05) is 25.7 Å². The van der Waals surface area contributed by atoms with Crippen LogP contribution in [0.2, 0.25) is 0 Å². The van der Waals surface area contributed by atoms with Crippen LogP contribution >= 0.6 is 0 Å². The molecule has 0 aliphatic rings. The number of hydrogen-bond donors (Lipinski definition) is 0. The van der Waals surface area contributed by atoms with Gasteiger partial charge in [-0.05, 0) is 25.0 Å². The van der Waals surface area contributed by atoms with E-state index in [-0.39, 0.29) is 0 Å². The summed E-state index contributed by atoms with van der Waals surface area (Å²) in [5.74, 6) is 6.75. The molecule has 2 rings (SSSR count). The average Bonchev–Trinajstić information content (AvgIpc) is 2.69. The maximum absolute atomic E-state index is 4.22. The second kappa shape index (κ2) is 3.97. The van der Waals surface area contributed by atoms with Crippen molar-refractivity contribution in [3.05, 3.63) is 29.2 Å². The number of nitrogens with zero attached hydrogens (tertiary/aromatic N) is 3. The molecule has 0 aromatic carbocycles. The zero-order valence-electron chi connectivity index (χ0n) is 10.1. The van der Waals surface area contributed by atoms with Gasteiger partial charge in [0.2, 0.25) is 0 Å². The normalized spacial score (nSPS) is 10.6. The number of hydrogen-bond acceptors (Lipinski definition) is 2. The van der Waals surface area contributed by atoms with Crippen LogP contribution in [0.15, 0.2) is 12.5 Å². The number of aromatic nitrogens is 3. The molecule has 0 saturated heterocycles. The maximum atomic E-state index is 4.22. The van der Waals surface area contributed by atoms with Crippen molar-refractivity contribution >= 4 is 5.65 Å². The fourth-order valence-corrected chi connectivity index (χ4v) is 1.55. The third-order valence-corrected chi connectivity index (χ3v) is 2.62. The monoisotopic (exact) mass is 213 g/mol. The van der Waals surface area contributed by atoms with Crippen molar-refractivity contribution in [2.75, 3.05) is 0 Å². The van der Waals surface area contributed by atoms with Gasteiger partial charge in [-0.2, -0.15) is 5.10 Å². The summed E-state index contributed by atoms with van der Waals surface area (Å²) in [5.41, 5.74) is 4.28. The lowest BCUT2D eigenvalue weighted by Gasteiger charge is -2.04. The van der Waals surface area contributed by atoms with Gasteiger partial charge in [-0.15, -0.1) is 0 Å². The highest BCUT2D eigenvalue weighted by molar-refractivity contribution is 5.55. The fraction of sp³-hybridized carbons (Fsp3) is 0.385. The molecule has 3 heteroatoms. The van der Waals surface area contributed by atoms with Gasteiger partial charge < -0.3 is 0 Å². The molecule has 3 nitrogen and oxygen atoms in total. The Morgan fingerprint density at radius 2 is 2.00 bits per heavy atom. The van der Waals surface area contributed by atoms with Crippen molar-refractivity contribution < 1.29 is 0 Å². The number of pyridine rings is 1. The van der Waals surface area contributed by atoms with E-state index in [0.29, 0.717) is 5.92 Å². The molecule has 0 spiro atoms. The van der Waals surface area contributed by atoms with Crippen molar-refractivity contribution in [1.82, 2.24) is 14.6 Å². The van der Waals surface area contributed by atoms with E-state index in [4.69, 9.17) is 0 Å². The summed E-state index contributed by atoms with van der Waals surface area (Å²) in [6.45, 7) is 8.31. The average molecular weight is 213 g/mol. The van der Waals surface area contributed by atoms with Gasteiger partial charge in [0, 0.05) is 17.7 Å². The molecule has 0 bridgehead atoms. The standard InChI is InChI=1S/C13H15N3/c1-9(2)5-6-12-7-16-13(14-8-15-16)11(4)10(12)3/h7-9H,1-4H3. The quantitative estimate of drug-likeness (QED) is 0.629. The first-order valence-corrected chi connectivity index (χ1v) is 5.40. The minimum atomic E-state index is 0.381. The van der Waals surface area contributed by atoms with E-state index in [1.165, 1.54) is 5.56 Å². The molecule has 0 fully saturated rings. The molecular formula is C13H15N3. The van der Waals surface area contributed by atoms with Gasteiger partial charge in [0.05, 0.1) is 0 Å². The lowest BCUT2D eigenvalue weighted by molar-refractivity contribution is 0.866. The molecule has 16 heavy (non-hydrogen) atoms. The molecule has 2 heterocycles. The van der Waals surface area contributed by atoms with E-state index in [9.17, 15) is 0 Å². The molecule has 2 aromatic heterocycles. The lowest BCUT2D eigenvalue weighted by Crippen LogP contribution is -1.97. The molecule has 0 unspecified atom stereocenters. The molecule has 0 N–H and O–H groups in total. The highest BCUT2D eigenvalue weighted by atomic mass is 15.3. The predicted octanol–water partition coefficient (Wildman–Crippen LogP) is 2.35. The molecule has 2 aromatic rings. The summed E-state index contributed by atoms with van der Waals surface area (Å²) in [4.78, 5) is 4.22. The summed E-state index contributed by atoms with van der Waals surface area (Å²) in [6.07, 6.45) is 3.52. The van der Waals surface area contributed by atoms with Crippen LogP contribution in [0.1, 0.15) is 30.5 Å². The second-order valence-corrected chi connectivity index (χ2v) is 4.25. The Kier molecular flexibility index (Phi) is 2.66. The topological polar surface area (TPSA) is 30.2 Å². The summed E-state index contributed by atoms with van der Waals surface area (Å²) in [6, 6.07) is 0. The molecular weight excluding hydrogens is 198 g/mol. The van der Waals surface area contributed by atoms with E-state index in [2.05, 4.69) is 49.6 Å². The van der Waals surface area contributed by atoms with Crippen LogP contribution in [0.5, 0.6) is 0 Å². The van der Waals surface area contributed by atoms with Gasteiger partial charge in [0.25, 0.3) is 0 Å². The first kappa shape index (κ1) is 10.7. The molecule has 0 aliphatic carbocycles. The summed E-state index contributed by atoms with van der Waals surface area (Å²) >= 11 is 0. The third kappa shape index (κ3) is 1.79. The zero-order valence-corrected chi connectivity index (χ0v) is 10.1. The van der Waals surface area contributed by atoms with E-state index in [1.54, 1.807) is 10.8 Å². The fourth-order valence-electron chi connectivity index (χ4n) is 1.55. The Morgan fingerprint density at radius 3 is 2.69 bits per heavy atom. The van der Waals surface area contributed by atoms with Gasteiger partial charge in [-0.25, -0.2) is 9.50 Å². The molecule has 0 saturated carbocycles. The van der Waals surface area contributed by atoms with Crippen molar-refractivity contribution in [2.45, 2.75) is 27.7 Å². The minimum absolute atomic E-state index is 0.381. The maximum Gasteiger partial charge on any atom is 0.158 e. The smallest absolute Gasteiger partial charge is 0.158 e. The van der Waals surface area contributed by atoms with Crippen LogP contribution in [0.3, 0.4) is 0 Å². The number of rotatable bonds is 0. The zero-order chi connectivity index (χ0) is 11.7. The number of aryl methyl sites for hydroxylation is 1. The van der Waals surface area contributed by atoms with Crippen molar-refractivity contribution in [1.29, 1.82) is 0 Å². The number of fused-ring (bicyclic) bond motifs is 1. The SMILES string of the molecule is Cc1c(C#CC(C)C)cn2ncnc2c1C. The van der Waals surface area contributed by atoms with Gasteiger partial charge >= 0.3 is 0 Å². The first-order chi connectivity index (χ1) is 7.59. The summed E-state index contributed by atoms with van der Waals surface area (Å²) < 4.78 is 1.78. The van der Waals surface area contributed by atoms with Crippen LogP contribution in [-0.4, -0.2) is 14.6 Å². The van der Waals surface area contributed by atoms with Crippen LogP contribution in [-0.2, 0) is 0 Å². The lowest BCUT2D eigenvalue weighted by atomic mass is 10.1. The summed E-state index contributed by atoms with van der Waals surface area (Å²) in [7, 11) is 0. The highest BCUT2D eigenvalue weighted by Crippen LogP contribution is 2.16. The first-order valence-electron chi connectivity index (χ1n) is 5.40. The molecule has 0 radical (unpaired) electrons. The molecule has 0 amide bonds. The van der Waals surface area contributed by atoms with Crippen molar-refractivity contribution in [3.8, 4) is 11.8 Å². The van der Waals surface area contributed by atoms with Gasteiger partial charge in [0.1, 0.15) is 6.33 Å². The highest BCUT2D eigenvalue weighted by Gasteiger charge is 2.06. The minimum Gasteiger partial charge on any atom is -0.220 e. The Balaban J connectivity index is 2.63. The van der Waals surface area contributed by atoms with Crippen LogP contribution < -0.4 is 0 Å². The second-order valence-electron chi connectivity index (χ2n) is 4.25. The van der Waals surface area contributed by atoms with Gasteiger partial charge in [0.15, 0.2) is 5.65 Å². The molecule has 0 aliphatic heterocycles. The van der Waals surface area contributed by atoms with E-state index >= 15 is 0 Å². The largest absolute Gasteiger partial charge is 0.220 e. The molecule has 0 atom stereocenters. The Bertz CT molecular complexity index is 582. The van der Waals surface area contributed by atoms with Crippen molar-refractivity contribution in [3.63, 3.8) is 0 Å². The predicted molar refractivity (Wildman–Crippen MR) is 64.2 cm³/mol. The van der Waals surface area contributed by atoms with Crippen LogP contribution in [0.4, 0.5) is 0 Å². The van der Waals surface area contributed by atoms with Gasteiger partial charge in [-0.3, -0.25) is 0 Å². The van der Waals surface area contributed by atoms with Crippen molar-refractivity contribution in [2.24, 2.45) is 5.92 Å². The van der Waals surface area contributed by atoms with E-state index in [0.717, 1.165) is 16.8 Å². The Labute approximate surface area is 95.5 Å². The third-order valence-electron chi connectivity index (χ3n) is 2.62. The summed E-state index contributed by atoms with van der Waals surface area (Å²) in [5, 5.41) is 4.15. The van der Waals surface area contributed by atoms with Crippen LogP contribution in [0, 0.1) is 31.6 Å².